The van der Waals surface area contributed by atoms with Crippen LogP contribution in [0.1, 0.15) is 11.1 Å². The third-order valence-corrected chi connectivity index (χ3v) is 3.29. The molecule has 0 saturated heterocycles. The van der Waals surface area contributed by atoms with Crippen molar-refractivity contribution in [3.05, 3.63) is 65.6 Å². The fourth-order valence-electron chi connectivity index (χ4n) is 2.20. The molecule has 0 unspecified atom stereocenters. The van der Waals surface area contributed by atoms with Crippen LogP contribution in [0, 0.1) is 5.82 Å². The van der Waals surface area contributed by atoms with Crippen molar-refractivity contribution in [1.82, 2.24) is 4.98 Å². The van der Waals surface area contributed by atoms with Gasteiger partial charge in [0.25, 0.3) is 0 Å². The van der Waals surface area contributed by atoms with Crippen molar-refractivity contribution in [2.24, 2.45) is 5.73 Å². The molecule has 20 heavy (non-hydrogen) atoms. The first kappa shape index (κ1) is 12.7. The molecule has 3 aromatic rings. The van der Waals surface area contributed by atoms with E-state index < -0.39 is 0 Å². The average molecular weight is 270 g/mol. The molecule has 3 rings (SSSR count). The highest BCUT2D eigenvalue weighted by Gasteiger charge is 2.07. The van der Waals surface area contributed by atoms with Crippen LogP contribution in [0.3, 0.4) is 0 Å². The summed E-state index contributed by atoms with van der Waals surface area (Å²) < 4.78 is 19.0. The van der Waals surface area contributed by atoms with Crippen molar-refractivity contribution >= 4 is 10.9 Å². The number of ether oxygens (including phenoxy) is 1. The van der Waals surface area contributed by atoms with Gasteiger partial charge in [0.15, 0.2) is 11.6 Å². The predicted molar refractivity (Wildman–Crippen MR) is 76.9 cm³/mol. The lowest BCUT2D eigenvalue weighted by molar-refractivity contribution is 0.291. The van der Waals surface area contributed by atoms with E-state index in [4.69, 9.17) is 10.5 Å². The third kappa shape index (κ3) is 2.38. The molecule has 0 amide bonds. The second-order valence-electron chi connectivity index (χ2n) is 4.62. The third-order valence-electron chi connectivity index (χ3n) is 3.29. The second kappa shape index (κ2) is 5.35. The predicted octanol–water partition coefficient (Wildman–Crippen LogP) is 3.34. The van der Waals surface area contributed by atoms with E-state index in [0.29, 0.717) is 13.2 Å². The number of benzene rings is 2. The number of hydrogen-bond donors (Lipinski definition) is 2. The molecule has 0 aliphatic rings. The van der Waals surface area contributed by atoms with Crippen LogP contribution in [0.4, 0.5) is 4.39 Å². The van der Waals surface area contributed by atoms with E-state index in [1.54, 1.807) is 18.2 Å². The highest BCUT2D eigenvalue weighted by atomic mass is 19.1. The Labute approximate surface area is 116 Å². The van der Waals surface area contributed by atoms with Gasteiger partial charge in [-0.3, -0.25) is 0 Å². The first-order valence-corrected chi connectivity index (χ1v) is 6.44. The molecule has 102 valence electrons. The molecule has 3 N–H and O–H groups in total. The standard InChI is InChI=1S/C16H15FN2O/c17-14-3-1-2-4-16(14)20-10-12-9-19-15-7-11(8-18)5-6-13(12)15/h1-7,9,19H,8,10,18H2. The number of halogens is 1. The van der Waals surface area contributed by atoms with Gasteiger partial charge < -0.3 is 15.5 Å². The maximum Gasteiger partial charge on any atom is 0.165 e. The lowest BCUT2D eigenvalue weighted by Gasteiger charge is -2.06. The molecule has 0 saturated carbocycles. The Morgan fingerprint density at radius 3 is 2.80 bits per heavy atom. The summed E-state index contributed by atoms with van der Waals surface area (Å²) in [7, 11) is 0. The number of para-hydroxylation sites is 1. The number of rotatable bonds is 4. The minimum absolute atomic E-state index is 0.264. The van der Waals surface area contributed by atoms with Gasteiger partial charge >= 0.3 is 0 Å². The summed E-state index contributed by atoms with van der Waals surface area (Å²) in [5, 5.41) is 1.07. The summed E-state index contributed by atoms with van der Waals surface area (Å²) in [6, 6.07) is 12.4. The molecule has 3 nitrogen and oxygen atoms in total. The van der Waals surface area contributed by atoms with Crippen molar-refractivity contribution in [2.75, 3.05) is 0 Å². The maximum absolute atomic E-state index is 13.5. The molecule has 0 fully saturated rings. The number of aromatic amines is 1. The van der Waals surface area contributed by atoms with Gasteiger partial charge in [-0.2, -0.15) is 0 Å². The van der Waals surface area contributed by atoms with Crippen LogP contribution in [0.15, 0.2) is 48.7 Å². The monoisotopic (exact) mass is 270 g/mol. The van der Waals surface area contributed by atoms with Gasteiger partial charge in [0.2, 0.25) is 0 Å². The molecular weight excluding hydrogens is 255 g/mol. The fraction of sp³-hybridized carbons (Fsp3) is 0.125. The first-order valence-electron chi connectivity index (χ1n) is 6.44. The molecule has 1 aromatic heterocycles. The summed E-state index contributed by atoms with van der Waals surface area (Å²) >= 11 is 0. The Kier molecular flexibility index (Phi) is 3.39. The summed E-state index contributed by atoms with van der Waals surface area (Å²) in [5.41, 5.74) is 8.70. The van der Waals surface area contributed by atoms with E-state index >= 15 is 0 Å². The molecule has 1 heterocycles. The molecule has 0 bridgehead atoms. The normalized spacial score (nSPS) is 10.9. The topological polar surface area (TPSA) is 51.0 Å². The highest BCUT2D eigenvalue weighted by Crippen LogP contribution is 2.22. The zero-order chi connectivity index (χ0) is 13.9. The van der Waals surface area contributed by atoms with Gasteiger partial charge in [-0.05, 0) is 23.8 Å². The zero-order valence-electron chi connectivity index (χ0n) is 10.9. The van der Waals surface area contributed by atoms with Gasteiger partial charge in [0.05, 0.1) is 0 Å². The summed E-state index contributed by atoms with van der Waals surface area (Å²) in [5.74, 6) is -0.0850. The highest BCUT2D eigenvalue weighted by molar-refractivity contribution is 5.83. The van der Waals surface area contributed by atoms with E-state index in [1.807, 2.05) is 24.4 Å². The molecule has 0 atom stereocenters. The van der Waals surface area contributed by atoms with Gasteiger partial charge in [-0.25, -0.2) is 4.39 Å². The lowest BCUT2D eigenvalue weighted by Crippen LogP contribution is -1.97. The Morgan fingerprint density at radius 2 is 2.00 bits per heavy atom. The number of nitrogens with one attached hydrogen (secondary N) is 1. The van der Waals surface area contributed by atoms with Crippen LogP contribution in [-0.2, 0) is 13.2 Å². The van der Waals surface area contributed by atoms with Crippen LogP contribution in [0.2, 0.25) is 0 Å². The maximum atomic E-state index is 13.5. The van der Waals surface area contributed by atoms with Crippen molar-refractivity contribution in [3.63, 3.8) is 0 Å². The van der Waals surface area contributed by atoms with Crippen LogP contribution in [0.25, 0.3) is 10.9 Å². The lowest BCUT2D eigenvalue weighted by atomic mass is 10.1. The van der Waals surface area contributed by atoms with E-state index in [9.17, 15) is 4.39 Å². The number of aromatic nitrogens is 1. The van der Waals surface area contributed by atoms with Crippen molar-refractivity contribution in [3.8, 4) is 5.75 Å². The Bertz CT molecular complexity index is 736. The number of H-pyrrole nitrogens is 1. The summed E-state index contributed by atoms with van der Waals surface area (Å²) in [4.78, 5) is 3.18. The number of hydrogen-bond acceptors (Lipinski definition) is 2. The molecule has 4 heteroatoms. The molecule has 0 spiro atoms. The second-order valence-corrected chi connectivity index (χ2v) is 4.62. The van der Waals surface area contributed by atoms with Gasteiger partial charge in [0, 0.05) is 29.2 Å². The van der Waals surface area contributed by atoms with E-state index in [-0.39, 0.29) is 11.6 Å². The number of nitrogens with two attached hydrogens (primary N) is 1. The Balaban J connectivity index is 1.83. The van der Waals surface area contributed by atoms with Gasteiger partial charge in [0.1, 0.15) is 6.61 Å². The van der Waals surface area contributed by atoms with E-state index in [2.05, 4.69) is 4.98 Å². The average Bonchev–Trinajstić information content (AvgIpc) is 2.88. The zero-order valence-corrected chi connectivity index (χ0v) is 10.9. The SMILES string of the molecule is NCc1ccc2c(COc3ccccc3F)c[nH]c2c1. The molecular formula is C16H15FN2O. The molecule has 0 radical (unpaired) electrons. The molecule has 2 aromatic carbocycles. The summed E-state index contributed by atoms with van der Waals surface area (Å²) in [6.45, 7) is 0.832. The van der Waals surface area contributed by atoms with Crippen LogP contribution in [-0.4, -0.2) is 4.98 Å². The van der Waals surface area contributed by atoms with Crippen LogP contribution < -0.4 is 10.5 Å². The molecule has 0 aliphatic heterocycles. The van der Waals surface area contributed by atoms with Crippen molar-refractivity contribution in [1.29, 1.82) is 0 Å². The smallest absolute Gasteiger partial charge is 0.165 e. The van der Waals surface area contributed by atoms with E-state index in [0.717, 1.165) is 22.0 Å². The van der Waals surface area contributed by atoms with Crippen molar-refractivity contribution in [2.45, 2.75) is 13.2 Å². The largest absolute Gasteiger partial charge is 0.486 e. The van der Waals surface area contributed by atoms with Crippen LogP contribution >= 0.6 is 0 Å². The minimum atomic E-state index is -0.349. The van der Waals surface area contributed by atoms with E-state index in [1.165, 1.54) is 6.07 Å². The quantitative estimate of drug-likeness (QED) is 0.764. The fourth-order valence-corrected chi connectivity index (χ4v) is 2.20. The first-order chi connectivity index (χ1) is 9.78. The van der Waals surface area contributed by atoms with Gasteiger partial charge in [-0.15, -0.1) is 0 Å². The Hall–Kier alpha value is -2.33. The minimum Gasteiger partial charge on any atom is -0.486 e. The number of fused-ring (bicyclic) bond motifs is 1. The van der Waals surface area contributed by atoms with Gasteiger partial charge in [-0.1, -0.05) is 24.3 Å². The Morgan fingerprint density at radius 1 is 1.15 bits per heavy atom. The summed E-state index contributed by atoms with van der Waals surface area (Å²) in [6.07, 6.45) is 1.88. The molecule has 0 aliphatic carbocycles. The van der Waals surface area contributed by atoms with Crippen molar-refractivity contribution < 1.29 is 9.13 Å². The van der Waals surface area contributed by atoms with Crippen LogP contribution in [0.5, 0.6) is 5.75 Å².